The summed E-state index contributed by atoms with van der Waals surface area (Å²) in [5.74, 6) is 0.185. The smallest absolute Gasteiger partial charge is 0.251 e. The van der Waals surface area contributed by atoms with Gasteiger partial charge in [-0.25, -0.2) is 8.78 Å². The lowest BCUT2D eigenvalue weighted by molar-refractivity contribution is 0.0975. The van der Waals surface area contributed by atoms with Crippen molar-refractivity contribution in [2.75, 3.05) is 13.6 Å². The molecule has 1 aromatic carbocycles. The van der Waals surface area contributed by atoms with Gasteiger partial charge in [0.05, 0.1) is 6.54 Å². The van der Waals surface area contributed by atoms with Crippen LogP contribution in [0.1, 0.15) is 5.56 Å². The number of benzene rings is 1. The number of rotatable bonds is 4. The van der Waals surface area contributed by atoms with Crippen LogP contribution in [0.2, 0.25) is 0 Å². The summed E-state index contributed by atoms with van der Waals surface area (Å²) in [6, 6.07) is 6.53. The zero-order valence-corrected chi connectivity index (χ0v) is 7.95. The minimum atomic E-state index is -2.31. The molecule has 4 heteroatoms. The largest absolute Gasteiger partial charge is 0.508 e. The monoisotopic (exact) mass is 201 g/mol. The second-order valence-electron chi connectivity index (χ2n) is 3.25. The third-order valence-corrected chi connectivity index (χ3v) is 1.84. The maximum absolute atomic E-state index is 12.0. The fourth-order valence-electron chi connectivity index (χ4n) is 1.21. The maximum atomic E-state index is 12.0. The number of hydrogen-bond donors (Lipinski definition) is 1. The molecule has 1 N–H and O–H groups in total. The van der Waals surface area contributed by atoms with Crippen LogP contribution in [-0.2, 0) is 6.54 Å². The van der Waals surface area contributed by atoms with Crippen molar-refractivity contribution < 1.29 is 13.9 Å². The highest BCUT2D eigenvalue weighted by molar-refractivity contribution is 5.25. The van der Waals surface area contributed by atoms with Crippen LogP contribution in [0, 0.1) is 0 Å². The lowest BCUT2D eigenvalue weighted by atomic mass is 10.2. The summed E-state index contributed by atoms with van der Waals surface area (Å²) in [4.78, 5) is 1.54. The molecule has 0 fully saturated rings. The molecule has 0 saturated heterocycles. The van der Waals surface area contributed by atoms with E-state index in [1.165, 1.54) is 4.90 Å². The summed E-state index contributed by atoms with van der Waals surface area (Å²) < 4.78 is 23.9. The van der Waals surface area contributed by atoms with Crippen molar-refractivity contribution in [1.82, 2.24) is 4.90 Å². The highest BCUT2D eigenvalue weighted by Crippen LogP contribution is 2.11. The summed E-state index contributed by atoms with van der Waals surface area (Å²) in [5.41, 5.74) is 0.908. The molecule has 0 aliphatic rings. The molecular weight excluding hydrogens is 188 g/mol. The fraction of sp³-hybridized carbons (Fsp3) is 0.400. The predicted molar refractivity (Wildman–Crippen MR) is 50.4 cm³/mol. The number of halogens is 2. The Kier molecular flexibility index (Phi) is 3.83. The normalized spacial score (nSPS) is 11.2. The van der Waals surface area contributed by atoms with Gasteiger partial charge in [-0.2, -0.15) is 0 Å². The maximum Gasteiger partial charge on any atom is 0.251 e. The highest BCUT2D eigenvalue weighted by atomic mass is 19.3. The van der Waals surface area contributed by atoms with E-state index in [0.717, 1.165) is 5.56 Å². The second-order valence-corrected chi connectivity index (χ2v) is 3.25. The fourth-order valence-corrected chi connectivity index (χ4v) is 1.21. The Bertz CT molecular complexity index is 274. The summed E-state index contributed by atoms with van der Waals surface area (Å²) in [6.07, 6.45) is -2.31. The molecule has 78 valence electrons. The van der Waals surface area contributed by atoms with E-state index in [2.05, 4.69) is 0 Å². The van der Waals surface area contributed by atoms with Crippen molar-refractivity contribution in [2.45, 2.75) is 13.0 Å². The average Bonchev–Trinajstić information content (AvgIpc) is 2.07. The Labute approximate surface area is 81.8 Å². The molecule has 0 aliphatic carbocycles. The van der Waals surface area contributed by atoms with Gasteiger partial charge in [-0.15, -0.1) is 0 Å². The van der Waals surface area contributed by atoms with Crippen LogP contribution >= 0.6 is 0 Å². The standard InChI is InChI=1S/C10H13F2NO/c1-13(7-10(11)12)6-8-2-4-9(14)5-3-8/h2-5,10,14H,6-7H2,1H3. The van der Waals surface area contributed by atoms with Crippen molar-refractivity contribution >= 4 is 0 Å². The molecule has 0 amide bonds. The topological polar surface area (TPSA) is 23.5 Å². The van der Waals surface area contributed by atoms with Crippen LogP contribution in [-0.4, -0.2) is 30.0 Å². The molecule has 0 aromatic heterocycles. The lowest BCUT2D eigenvalue weighted by Gasteiger charge is -2.15. The first kappa shape index (κ1) is 10.9. The molecule has 2 nitrogen and oxygen atoms in total. The Balaban J connectivity index is 2.47. The third kappa shape index (κ3) is 3.70. The third-order valence-electron chi connectivity index (χ3n) is 1.84. The quantitative estimate of drug-likeness (QED) is 0.806. The molecule has 0 unspecified atom stereocenters. The highest BCUT2D eigenvalue weighted by Gasteiger charge is 2.07. The molecule has 1 rings (SSSR count). The van der Waals surface area contributed by atoms with Crippen LogP contribution in [0.5, 0.6) is 5.75 Å². The van der Waals surface area contributed by atoms with Crippen LogP contribution in [0.25, 0.3) is 0 Å². The predicted octanol–water partition coefficient (Wildman–Crippen LogP) is 2.09. The van der Waals surface area contributed by atoms with Gasteiger partial charge < -0.3 is 5.11 Å². The number of nitrogens with zero attached hydrogens (tertiary/aromatic N) is 1. The van der Waals surface area contributed by atoms with Gasteiger partial charge in [0.1, 0.15) is 5.75 Å². The van der Waals surface area contributed by atoms with E-state index in [0.29, 0.717) is 6.54 Å². The van der Waals surface area contributed by atoms with E-state index in [9.17, 15) is 8.78 Å². The summed E-state index contributed by atoms with van der Waals surface area (Å²) >= 11 is 0. The van der Waals surface area contributed by atoms with E-state index >= 15 is 0 Å². The minimum Gasteiger partial charge on any atom is -0.508 e. The molecule has 0 bridgehead atoms. The number of alkyl halides is 2. The summed E-state index contributed by atoms with van der Waals surface area (Å²) in [6.45, 7) is 0.228. The van der Waals surface area contributed by atoms with E-state index in [4.69, 9.17) is 5.11 Å². The van der Waals surface area contributed by atoms with Gasteiger partial charge >= 0.3 is 0 Å². The Morgan fingerprint density at radius 2 is 1.86 bits per heavy atom. The van der Waals surface area contributed by atoms with E-state index in [1.807, 2.05) is 0 Å². The van der Waals surface area contributed by atoms with Crippen LogP contribution in [0.3, 0.4) is 0 Å². The second kappa shape index (κ2) is 4.91. The first-order valence-corrected chi connectivity index (χ1v) is 4.32. The Morgan fingerprint density at radius 1 is 1.29 bits per heavy atom. The number of phenolic OH excluding ortho intramolecular Hbond substituents is 1. The summed E-state index contributed by atoms with van der Waals surface area (Å²) in [7, 11) is 1.64. The van der Waals surface area contributed by atoms with Crippen molar-refractivity contribution in [3.63, 3.8) is 0 Å². The first-order chi connectivity index (χ1) is 6.58. The Hall–Kier alpha value is -1.16. The van der Waals surface area contributed by atoms with Crippen molar-refractivity contribution in [3.8, 4) is 5.75 Å². The SMILES string of the molecule is CN(Cc1ccc(O)cc1)CC(F)F. The van der Waals surface area contributed by atoms with Crippen molar-refractivity contribution in [3.05, 3.63) is 29.8 Å². The molecule has 0 heterocycles. The average molecular weight is 201 g/mol. The number of phenols is 1. The Morgan fingerprint density at radius 3 is 2.36 bits per heavy atom. The van der Waals surface area contributed by atoms with Crippen molar-refractivity contribution in [2.24, 2.45) is 0 Å². The lowest BCUT2D eigenvalue weighted by Crippen LogP contribution is -2.23. The van der Waals surface area contributed by atoms with Gasteiger partial charge in [-0.3, -0.25) is 4.90 Å². The summed E-state index contributed by atoms with van der Waals surface area (Å²) in [5, 5.41) is 9.00. The molecule has 0 radical (unpaired) electrons. The van der Waals surface area contributed by atoms with Crippen molar-refractivity contribution in [1.29, 1.82) is 0 Å². The molecule has 0 saturated carbocycles. The van der Waals surface area contributed by atoms with Gasteiger partial charge in [0.25, 0.3) is 6.43 Å². The van der Waals surface area contributed by atoms with Gasteiger partial charge in [0, 0.05) is 6.54 Å². The van der Waals surface area contributed by atoms with Crippen LogP contribution in [0.4, 0.5) is 8.78 Å². The van der Waals surface area contributed by atoms with Gasteiger partial charge in [-0.1, -0.05) is 12.1 Å². The van der Waals surface area contributed by atoms with Gasteiger partial charge in [0.15, 0.2) is 0 Å². The van der Waals surface area contributed by atoms with E-state index < -0.39 is 6.43 Å². The number of aromatic hydroxyl groups is 1. The first-order valence-electron chi connectivity index (χ1n) is 4.32. The molecule has 0 atom stereocenters. The minimum absolute atomic E-state index is 0.185. The van der Waals surface area contributed by atoms with Gasteiger partial charge in [-0.05, 0) is 24.7 Å². The van der Waals surface area contributed by atoms with Crippen LogP contribution in [0.15, 0.2) is 24.3 Å². The van der Waals surface area contributed by atoms with E-state index in [1.54, 1.807) is 31.3 Å². The zero-order chi connectivity index (χ0) is 10.6. The molecule has 0 spiro atoms. The van der Waals surface area contributed by atoms with Gasteiger partial charge in [0.2, 0.25) is 0 Å². The molecule has 0 aliphatic heterocycles. The molecule has 14 heavy (non-hydrogen) atoms. The number of hydrogen-bond acceptors (Lipinski definition) is 2. The molecule has 1 aromatic rings. The zero-order valence-electron chi connectivity index (χ0n) is 7.95. The van der Waals surface area contributed by atoms with E-state index in [-0.39, 0.29) is 12.3 Å². The molecular formula is C10H13F2NO. The van der Waals surface area contributed by atoms with Crippen LogP contribution < -0.4 is 0 Å².